The number of nitrogens with zero attached hydrogens (tertiary/aromatic N) is 4. The number of imidazole rings is 1. The zero-order chi connectivity index (χ0) is 30.0. The van der Waals surface area contributed by atoms with Gasteiger partial charge in [0.25, 0.3) is 0 Å². The van der Waals surface area contributed by atoms with Crippen molar-refractivity contribution in [3.05, 3.63) is 66.6 Å². The maximum Gasteiger partial charge on any atom is 0.306 e. The Morgan fingerprint density at radius 2 is 1.64 bits per heavy atom. The first-order valence-corrected chi connectivity index (χ1v) is 14.4. The number of rotatable bonds is 14. The molecule has 0 saturated carbocycles. The lowest BCUT2D eigenvalue weighted by Crippen LogP contribution is -2.23. The van der Waals surface area contributed by atoms with Crippen LogP contribution >= 0.6 is 0 Å². The fourth-order valence-corrected chi connectivity index (χ4v) is 4.28. The Balaban J connectivity index is 1.30. The van der Waals surface area contributed by atoms with E-state index in [1.165, 1.54) is 5.56 Å². The van der Waals surface area contributed by atoms with E-state index in [1.807, 2.05) is 61.7 Å². The molecular formula is C32H39N5O5. The van der Waals surface area contributed by atoms with Crippen molar-refractivity contribution in [3.8, 4) is 11.4 Å². The number of unbranched alkanes of at least 4 members (excludes halogenated alkanes) is 1. The van der Waals surface area contributed by atoms with Gasteiger partial charge in [-0.1, -0.05) is 12.1 Å². The van der Waals surface area contributed by atoms with Crippen LogP contribution in [0, 0.1) is 0 Å². The summed E-state index contributed by atoms with van der Waals surface area (Å²) in [7, 11) is 0. The van der Waals surface area contributed by atoms with Gasteiger partial charge in [0.2, 0.25) is 5.95 Å². The van der Waals surface area contributed by atoms with Crippen LogP contribution in [-0.4, -0.2) is 50.3 Å². The molecule has 0 aliphatic carbocycles. The Hall–Kier alpha value is -4.47. The molecule has 0 bridgehead atoms. The second kappa shape index (κ2) is 14.4. The van der Waals surface area contributed by atoms with Gasteiger partial charge >= 0.3 is 11.9 Å². The smallest absolute Gasteiger partial charge is 0.306 e. The van der Waals surface area contributed by atoms with Gasteiger partial charge in [0.1, 0.15) is 23.2 Å². The van der Waals surface area contributed by atoms with Crippen LogP contribution in [0.3, 0.4) is 0 Å². The van der Waals surface area contributed by atoms with Crippen molar-refractivity contribution in [2.24, 2.45) is 0 Å². The maximum atomic E-state index is 11.9. The summed E-state index contributed by atoms with van der Waals surface area (Å²) in [6.07, 6.45) is 7.38. The van der Waals surface area contributed by atoms with Crippen molar-refractivity contribution in [1.82, 2.24) is 19.5 Å². The highest BCUT2D eigenvalue weighted by atomic mass is 16.6. The summed E-state index contributed by atoms with van der Waals surface area (Å²) in [5.74, 6) is 0.831. The Labute approximate surface area is 246 Å². The normalized spacial score (nSPS) is 11.3. The van der Waals surface area contributed by atoms with Gasteiger partial charge in [0.15, 0.2) is 5.65 Å². The first kappa shape index (κ1) is 30.5. The molecule has 2 aromatic heterocycles. The number of nitrogens with one attached hydrogen (secondary N) is 1. The molecular weight excluding hydrogens is 534 g/mol. The molecule has 10 nitrogen and oxygen atoms in total. The second-order valence-electron chi connectivity index (χ2n) is 10.9. The van der Waals surface area contributed by atoms with Crippen molar-refractivity contribution >= 4 is 34.7 Å². The molecule has 0 aliphatic rings. The molecule has 0 radical (unpaired) electrons. The van der Waals surface area contributed by atoms with Gasteiger partial charge < -0.3 is 19.5 Å². The van der Waals surface area contributed by atoms with Crippen LogP contribution in [0.5, 0.6) is 5.75 Å². The average Bonchev–Trinajstić information content (AvgIpc) is 3.37. The lowest BCUT2D eigenvalue weighted by atomic mass is 10.1. The minimum Gasteiger partial charge on any atom is -0.494 e. The van der Waals surface area contributed by atoms with Gasteiger partial charge in [0, 0.05) is 24.2 Å². The van der Waals surface area contributed by atoms with Crippen LogP contribution in [0.15, 0.2) is 61.1 Å². The van der Waals surface area contributed by atoms with Crippen molar-refractivity contribution in [2.45, 2.75) is 71.8 Å². The van der Waals surface area contributed by atoms with Crippen LogP contribution in [0.4, 0.5) is 11.6 Å². The van der Waals surface area contributed by atoms with Gasteiger partial charge in [-0.15, -0.1) is 0 Å². The molecule has 222 valence electrons. The van der Waals surface area contributed by atoms with Gasteiger partial charge in [-0.05, 0) is 95.3 Å². The standard InChI is InChI=1S/C32H39N5O5/c1-5-40-28(38)11-8-20-41-26-18-16-25(17-19-26)37-22-34-27-21-33-31(36-30(27)37)35-24-14-12-23(13-15-24)9-6-7-10-29(39)42-32(2,3)4/h12-19,21-22H,5-11,20H2,1-4H3,(H,33,35,36). The summed E-state index contributed by atoms with van der Waals surface area (Å²) >= 11 is 0. The van der Waals surface area contributed by atoms with Crippen molar-refractivity contribution in [1.29, 1.82) is 0 Å². The predicted molar refractivity (Wildman–Crippen MR) is 161 cm³/mol. The van der Waals surface area contributed by atoms with E-state index in [1.54, 1.807) is 19.4 Å². The number of esters is 2. The van der Waals surface area contributed by atoms with E-state index < -0.39 is 5.60 Å². The summed E-state index contributed by atoms with van der Waals surface area (Å²) < 4.78 is 18.0. The van der Waals surface area contributed by atoms with Gasteiger partial charge in [-0.3, -0.25) is 14.2 Å². The first-order valence-electron chi connectivity index (χ1n) is 14.4. The fraction of sp³-hybridized carbons (Fsp3) is 0.406. The van der Waals surface area contributed by atoms with Crippen molar-refractivity contribution in [2.75, 3.05) is 18.5 Å². The summed E-state index contributed by atoms with van der Waals surface area (Å²) in [4.78, 5) is 36.9. The molecule has 0 unspecified atom stereocenters. The monoisotopic (exact) mass is 573 g/mol. The third kappa shape index (κ3) is 9.29. The number of carbonyl (C=O) groups excluding carboxylic acids is 2. The highest BCUT2D eigenvalue weighted by Gasteiger charge is 2.15. The molecule has 0 amide bonds. The molecule has 4 rings (SSSR count). The first-order chi connectivity index (χ1) is 20.2. The quantitative estimate of drug-likeness (QED) is 0.136. The van der Waals surface area contributed by atoms with Gasteiger partial charge in [-0.25, -0.2) is 9.97 Å². The SMILES string of the molecule is CCOC(=O)CCCOc1ccc(-n2cnc3cnc(Nc4ccc(CCCCC(=O)OC(C)(C)C)cc4)nc32)cc1. The van der Waals surface area contributed by atoms with E-state index >= 15 is 0 Å². The second-order valence-corrected chi connectivity index (χ2v) is 10.9. The van der Waals surface area contributed by atoms with E-state index in [0.717, 1.165) is 36.4 Å². The van der Waals surface area contributed by atoms with Gasteiger partial charge in [0.05, 0.1) is 19.4 Å². The van der Waals surface area contributed by atoms with Crippen LogP contribution < -0.4 is 10.1 Å². The summed E-state index contributed by atoms with van der Waals surface area (Å²) in [6, 6.07) is 15.8. The number of aromatic nitrogens is 4. The minimum absolute atomic E-state index is 0.147. The molecule has 2 aromatic carbocycles. The number of carbonyl (C=O) groups is 2. The van der Waals surface area contributed by atoms with E-state index in [-0.39, 0.29) is 11.9 Å². The fourth-order valence-electron chi connectivity index (χ4n) is 4.28. The Bertz CT molecular complexity index is 1460. The zero-order valence-corrected chi connectivity index (χ0v) is 24.8. The Morgan fingerprint density at radius 3 is 2.36 bits per heavy atom. The van der Waals surface area contributed by atoms with Crippen LogP contribution in [-0.2, 0) is 25.5 Å². The summed E-state index contributed by atoms with van der Waals surface area (Å²) in [6.45, 7) is 8.27. The number of fused-ring (bicyclic) bond motifs is 1. The molecule has 10 heteroatoms. The van der Waals surface area contributed by atoms with Crippen LogP contribution in [0.25, 0.3) is 16.9 Å². The maximum absolute atomic E-state index is 11.9. The lowest BCUT2D eigenvalue weighted by Gasteiger charge is -2.19. The third-order valence-corrected chi connectivity index (χ3v) is 6.23. The summed E-state index contributed by atoms with van der Waals surface area (Å²) in [5, 5.41) is 3.27. The predicted octanol–water partition coefficient (Wildman–Crippen LogP) is 6.34. The molecule has 1 N–H and O–H groups in total. The molecule has 0 atom stereocenters. The summed E-state index contributed by atoms with van der Waals surface area (Å²) in [5.41, 5.74) is 3.88. The highest BCUT2D eigenvalue weighted by Crippen LogP contribution is 2.22. The highest BCUT2D eigenvalue weighted by molar-refractivity contribution is 5.74. The number of aryl methyl sites for hydroxylation is 1. The Morgan fingerprint density at radius 1 is 0.905 bits per heavy atom. The van der Waals surface area contributed by atoms with Crippen molar-refractivity contribution in [3.63, 3.8) is 0 Å². The lowest BCUT2D eigenvalue weighted by molar-refractivity contribution is -0.155. The number of hydrogen-bond acceptors (Lipinski definition) is 9. The molecule has 2 heterocycles. The molecule has 0 fully saturated rings. The van der Waals surface area contributed by atoms with Crippen LogP contribution in [0.2, 0.25) is 0 Å². The molecule has 0 aliphatic heterocycles. The minimum atomic E-state index is -0.441. The van der Waals surface area contributed by atoms with Crippen molar-refractivity contribution < 1.29 is 23.8 Å². The average molecular weight is 574 g/mol. The van der Waals surface area contributed by atoms with E-state index in [0.29, 0.717) is 49.6 Å². The van der Waals surface area contributed by atoms with E-state index in [4.69, 9.17) is 19.2 Å². The van der Waals surface area contributed by atoms with Crippen LogP contribution in [0.1, 0.15) is 65.4 Å². The molecule has 0 spiro atoms. The Kier molecular flexibility index (Phi) is 10.5. The molecule has 42 heavy (non-hydrogen) atoms. The largest absolute Gasteiger partial charge is 0.494 e. The number of hydrogen-bond donors (Lipinski definition) is 1. The molecule has 4 aromatic rings. The number of ether oxygens (including phenoxy) is 3. The number of benzene rings is 2. The third-order valence-electron chi connectivity index (χ3n) is 6.23. The number of anilines is 2. The van der Waals surface area contributed by atoms with Gasteiger partial charge in [-0.2, -0.15) is 4.98 Å². The van der Waals surface area contributed by atoms with E-state index in [9.17, 15) is 9.59 Å². The molecule has 0 saturated heterocycles. The topological polar surface area (TPSA) is 117 Å². The van der Waals surface area contributed by atoms with E-state index in [2.05, 4.69) is 27.4 Å². The zero-order valence-electron chi connectivity index (χ0n) is 24.8.